The molecule has 3 rings (SSSR count). The van der Waals surface area contributed by atoms with Gasteiger partial charge in [0, 0.05) is 37.9 Å². The van der Waals surface area contributed by atoms with Gasteiger partial charge in [-0.15, -0.1) is 0 Å². The predicted molar refractivity (Wildman–Crippen MR) is 102 cm³/mol. The van der Waals surface area contributed by atoms with Gasteiger partial charge in [-0.05, 0) is 36.8 Å². The van der Waals surface area contributed by atoms with E-state index < -0.39 is 0 Å². The number of carbonyl (C=O) groups excluding carboxylic acids is 1. The molecule has 0 atom stereocenters. The Morgan fingerprint density at radius 3 is 2.48 bits per heavy atom. The Balaban J connectivity index is 1.50. The van der Waals surface area contributed by atoms with Crippen molar-refractivity contribution in [2.45, 2.75) is 6.92 Å². The van der Waals surface area contributed by atoms with E-state index in [1.54, 1.807) is 18.2 Å². The van der Waals surface area contributed by atoms with Crippen molar-refractivity contribution in [2.75, 3.05) is 37.7 Å². The van der Waals surface area contributed by atoms with Crippen molar-refractivity contribution in [2.24, 2.45) is 0 Å². The molecule has 1 amide bonds. The average molecular weight is 379 g/mol. The maximum atomic E-state index is 12.3. The third kappa shape index (κ3) is 4.59. The summed E-state index contributed by atoms with van der Waals surface area (Å²) >= 11 is 11.8. The van der Waals surface area contributed by atoms with Crippen LogP contribution < -0.4 is 9.64 Å². The predicted octanol–water partition coefficient (Wildman–Crippen LogP) is 4.03. The minimum atomic E-state index is -0.0186. The molecule has 6 heteroatoms. The van der Waals surface area contributed by atoms with E-state index in [2.05, 4.69) is 36.1 Å². The zero-order chi connectivity index (χ0) is 17.8. The fraction of sp³-hybridized carbons (Fsp3) is 0.316. The van der Waals surface area contributed by atoms with Crippen LogP contribution >= 0.6 is 23.2 Å². The van der Waals surface area contributed by atoms with Crippen LogP contribution in [0, 0.1) is 6.92 Å². The van der Waals surface area contributed by atoms with E-state index in [4.69, 9.17) is 27.9 Å². The van der Waals surface area contributed by atoms with Crippen molar-refractivity contribution in [1.82, 2.24) is 4.90 Å². The number of benzene rings is 2. The second-order valence-electron chi connectivity index (χ2n) is 6.07. The van der Waals surface area contributed by atoms with E-state index in [-0.39, 0.29) is 12.5 Å². The largest absolute Gasteiger partial charge is 0.484 e. The van der Waals surface area contributed by atoms with E-state index in [1.165, 1.54) is 11.3 Å². The fourth-order valence-electron chi connectivity index (χ4n) is 2.84. The van der Waals surface area contributed by atoms with Crippen LogP contribution in [0.3, 0.4) is 0 Å². The van der Waals surface area contributed by atoms with Crippen LogP contribution in [0.2, 0.25) is 10.0 Å². The van der Waals surface area contributed by atoms with E-state index in [9.17, 15) is 4.79 Å². The van der Waals surface area contributed by atoms with Crippen LogP contribution in [0.4, 0.5) is 5.69 Å². The Labute approximate surface area is 157 Å². The monoisotopic (exact) mass is 378 g/mol. The zero-order valence-corrected chi connectivity index (χ0v) is 15.6. The molecular weight excluding hydrogens is 359 g/mol. The molecule has 1 saturated heterocycles. The topological polar surface area (TPSA) is 32.8 Å². The summed E-state index contributed by atoms with van der Waals surface area (Å²) in [6.07, 6.45) is 0. The second-order valence-corrected chi connectivity index (χ2v) is 6.89. The maximum absolute atomic E-state index is 12.3. The summed E-state index contributed by atoms with van der Waals surface area (Å²) < 4.78 is 5.54. The van der Waals surface area contributed by atoms with Crippen LogP contribution in [0.15, 0.2) is 42.5 Å². The number of anilines is 1. The van der Waals surface area contributed by atoms with Gasteiger partial charge >= 0.3 is 0 Å². The van der Waals surface area contributed by atoms with Crippen molar-refractivity contribution < 1.29 is 9.53 Å². The number of ether oxygens (including phenoxy) is 1. The molecule has 0 spiro atoms. The zero-order valence-electron chi connectivity index (χ0n) is 14.0. The smallest absolute Gasteiger partial charge is 0.260 e. The van der Waals surface area contributed by atoms with Crippen molar-refractivity contribution in [3.63, 3.8) is 0 Å². The number of nitrogens with zero attached hydrogens (tertiary/aromatic N) is 2. The highest BCUT2D eigenvalue weighted by atomic mass is 35.5. The molecule has 0 bridgehead atoms. The lowest BCUT2D eigenvalue weighted by Crippen LogP contribution is -2.50. The molecule has 1 aliphatic heterocycles. The van der Waals surface area contributed by atoms with Crippen molar-refractivity contribution in [3.05, 3.63) is 58.1 Å². The highest BCUT2D eigenvalue weighted by molar-refractivity contribution is 6.42. The molecule has 1 fully saturated rings. The number of halogens is 2. The minimum Gasteiger partial charge on any atom is -0.484 e. The molecular formula is C19H20Cl2N2O2. The van der Waals surface area contributed by atoms with Crippen molar-refractivity contribution in [1.29, 1.82) is 0 Å². The number of carbonyl (C=O) groups is 1. The summed E-state index contributed by atoms with van der Waals surface area (Å²) in [5, 5.41) is 0.881. The van der Waals surface area contributed by atoms with Gasteiger partial charge in [0.1, 0.15) is 5.75 Å². The summed E-state index contributed by atoms with van der Waals surface area (Å²) in [4.78, 5) is 16.5. The summed E-state index contributed by atoms with van der Waals surface area (Å²) in [5.41, 5.74) is 2.45. The number of aryl methyl sites for hydroxylation is 1. The third-order valence-electron chi connectivity index (χ3n) is 4.25. The molecule has 0 N–H and O–H groups in total. The Morgan fingerprint density at radius 2 is 1.80 bits per heavy atom. The Hall–Kier alpha value is -1.91. The molecule has 25 heavy (non-hydrogen) atoms. The van der Waals surface area contributed by atoms with E-state index in [0.29, 0.717) is 28.9 Å². The highest BCUT2D eigenvalue weighted by Gasteiger charge is 2.21. The normalized spacial score (nSPS) is 14.5. The maximum Gasteiger partial charge on any atom is 0.260 e. The molecule has 1 heterocycles. The quantitative estimate of drug-likeness (QED) is 0.804. The Bertz CT molecular complexity index is 759. The van der Waals surface area contributed by atoms with Crippen LogP contribution in [0.5, 0.6) is 5.75 Å². The number of piperazine rings is 1. The standard InChI is InChI=1S/C19H20Cl2N2O2/c1-14-3-2-4-15(11-14)22-7-9-23(10-8-22)19(24)13-25-16-5-6-17(20)18(21)12-16/h2-6,11-12H,7-10,13H2,1H3. The van der Waals surface area contributed by atoms with Gasteiger partial charge in [-0.1, -0.05) is 35.3 Å². The van der Waals surface area contributed by atoms with Gasteiger partial charge in [-0.2, -0.15) is 0 Å². The molecule has 0 aromatic heterocycles. The first-order chi connectivity index (χ1) is 12.0. The molecule has 1 aliphatic rings. The molecule has 0 radical (unpaired) electrons. The van der Waals surface area contributed by atoms with Gasteiger partial charge in [0.2, 0.25) is 0 Å². The summed E-state index contributed by atoms with van der Waals surface area (Å²) in [7, 11) is 0. The van der Waals surface area contributed by atoms with Gasteiger partial charge in [0.05, 0.1) is 10.0 Å². The van der Waals surface area contributed by atoms with Crippen LogP contribution in [0.25, 0.3) is 0 Å². The third-order valence-corrected chi connectivity index (χ3v) is 4.99. The number of hydrogen-bond acceptors (Lipinski definition) is 3. The SMILES string of the molecule is Cc1cccc(N2CCN(C(=O)COc3ccc(Cl)c(Cl)c3)CC2)c1. The lowest BCUT2D eigenvalue weighted by atomic mass is 10.2. The van der Waals surface area contributed by atoms with Gasteiger partial charge in [-0.3, -0.25) is 4.79 Å². The summed E-state index contributed by atoms with van der Waals surface area (Å²) in [6.45, 7) is 5.12. The second kappa shape index (κ2) is 7.98. The number of hydrogen-bond donors (Lipinski definition) is 0. The number of rotatable bonds is 4. The average Bonchev–Trinajstić information content (AvgIpc) is 2.62. The van der Waals surface area contributed by atoms with Crippen molar-refractivity contribution in [3.8, 4) is 5.75 Å². The van der Waals surface area contributed by atoms with E-state index in [1.807, 2.05) is 4.90 Å². The van der Waals surface area contributed by atoms with Crippen LogP contribution in [0.1, 0.15) is 5.56 Å². The lowest BCUT2D eigenvalue weighted by Gasteiger charge is -2.36. The summed E-state index contributed by atoms with van der Waals surface area (Å²) in [6, 6.07) is 13.4. The van der Waals surface area contributed by atoms with E-state index >= 15 is 0 Å². The highest BCUT2D eigenvalue weighted by Crippen LogP contribution is 2.26. The first-order valence-electron chi connectivity index (χ1n) is 8.20. The Kier molecular flexibility index (Phi) is 5.71. The van der Waals surface area contributed by atoms with Gasteiger partial charge in [0.15, 0.2) is 6.61 Å². The molecule has 132 valence electrons. The van der Waals surface area contributed by atoms with Gasteiger partial charge in [-0.25, -0.2) is 0 Å². The van der Waals surface area contributed by atoms with Crippen LogP contribution in [-0.4, -0.2) is 43.6 Å². The van der Waals surface area contributed by atoms with Gasteiger partial charge < -0.3 is 14.5 Å². The minimum absolute atomic E-state index is 0.00239. The number of amides is 1. The Morgan fingerprint density at radius 1 is 1.04 bits per heavy atom. The summed E-state index contributed by atoms with van der Waals surface area (Å²) in [5.74, 6) is 0.524. The van der Waals surface area contributed by atoms with E-state index in [0.717, 1.165) is 13.1 Å². The van der Waals surface area contributed by atoms with Crippen LogP contribution in [-0.2, 0) is 4.79 Å². The molecule has 0 aliphatic carbocycles. The molecule has 2 aromatic carbocycles. The molecule has 4 nitrogen and oxygen atoms in total. The fourth-order valence-corrected chi connectivity index (χ4v) is 3.13. The first kappa shape index (κ1) is 17.9. The molecule has 2 aromatic rings. The van der Waals surface area contributed by atoms with Gasteiger partial charge in [0.25, 0.3) is 5.91 Å². The van der Waals surface area contributed by atoms with Crippen molar-refractivity contribution >= 4 is 34.8 Å². The molecule has 0 saturated carbocycles. The first-order valence-corrected chi connectivity index (χ1v) is 8.96. The molecule has 0 unspecified atom stereocenters. The lowest BCUT2D eigenvalue weighted by molar-refractivity contribution is -0.133.